The Balaban J connectivity index is 1.30. The topological polar surface area (TPSA) is 58.1 Å². The van der Waals surface area contributed by atoms with E-state index in [1.807, 2.05) is 18.3 Å². The van der Waals surface area contributed by atoms with Crippen LogP contribution >= 0.6 is 11.3 Å². The zero-order chi connectivity index (χ0) is 17.2. The molecule has 4 rings (SSSR count). The van der Waals surface area contributed by atoms with Crippen LogP contribution in [-0.4, -0.2) is 33.9 Å². The zero-order valence-electron chi connectivity index (χ0n) is 14.5. The van der Waals surface area contributed by atoms with Gasteiger partial charge in [-0.25, -0.2) is 4.98 Å². The van der Waals surface area contributed by atoms with Crippen molar-refractivity contribution in [2.45, 2.75) is 38.6 Å². The molecule has 0 radical (unpaired) electrons. The van der Waals surface area contributed by atoms with Gasteiger partial charge < -0.3 is 5.32 Å². The van der Waals surface area contributed by atoms with E-state index in [9.17, 15) is 4.79 Å². The summed E-state index contributed by atoms with van der Waals surface area (Å²) in [6, 6.07) is 3.98. The van der Waals surface area contributed by atoms with Crippen molar-refractivity contribution in [3.8, 4) is 0 Å². The van der Waals surface area contributed by atoms with Gasteiger partial charge in [-0.3, -0.25) is 14.7 Å². The fourth-order valence-electron chi connectivity index (χ4n) is 3.74. The summed E-state index contributed by atoms with van der Waals surface area (Å²) in [7, 11) is 0. The molecule has 6 heteroatoms. The lowest BCUT2D eigenvalue weighted by atomic mass is 10.0. The number of carbonyl (C=O) groups is 1. The number of thiazole rings is 1. The first-order valence-corrected chi connectivity index (χ1v) is 9.94. The van der Waals surface area contributed by atoms with Crippen LogP contribution in [0.25, 0.3) is 0 Å². The van der Waals surface area contributed by atoms with E-state index in [1.54, 1.807) is 6.20 Å². The second kappa shape index (κ2) is 7.22. The number of hydrogen-bond donors (Lipinski definition) is 1. The highest BCUT2D eigenvalue weighted by atomic mass is 32.1. The third-order valence-electron chi connectivity index (χ3n) is 5.15. The number of likely N-dealkylation sites (tertiary alicyclic amines) is 1. The van der Waals surface area contributed by atoms with Gasteiger partial charge in [0.2, 0.25) is 5.91 Å². The molecule has 2 aliphatic rings. The highest BCUT2D eigenvalue weighted by molar-refractivity contribution is 7.13. The van der Waals surface area contributed by atoms with Crippen LogP contribution in [-0.2, 0) is 11.3 Å². The molecule has 5 nitrogen and oxygen atoms in total. The van der Waals surface area contributed by atoms with Crippen molar-refractivity contribution in [1.29, 1.82) is 0 Å². The molecular weight excluding hydrogens is 332 g/mol. The first-order chi connectivity index (χ1) is 12.2. The number of piperidine rings is 1. The molecule has 1 N–H and O–H groups in total. The lowest BCUT2D eigenvalue weighted by molar-refractivity contribution is -0.117. The van der Waals surface area contributed by atoms with Crippen LogP contribution in [0.4, 0.5) is 5.13 Å². The average Bonchev–Trinajstić information content (AvgIpc) is 3.31. The van der Waals surface area contributed by atoms with E-state index >= 15 is 0 Å². The molecule has 3 heterocycles. The molecule has 0 bridgehead atoms. The lowest BCUT2D eigenvalue weighted by Crippen LogP contribution is -2.33. The minimum absolute atomic E-state index is 0.0551. The van der Waals surface area contributed by atoms with Crippen molar-refractivity contribution in [2.24, 2.45) is 11.8 Å². The Hall–Kier alpha value is -1.79. The zero-order valence-corrected chi connectivity index (χ0v) is 15.3. The molecule has 1 aliphatic heterocycles. The predicted octanol–water partition coefficient (Wildman–Crippen LogP) is 3.51. The summed E-state index contributed by atoms with van der Waals surface area (Å²) >= 11 is 1.53. The van der Waals surface area contributed by atoms with Crippen molar-refractivity contribution in [1.82, 2.24) is 14.9 Å². The predicted molar refractivity (Wildman–Crippen MR) is 99.5 cm³/mol. The van der Waals surface area contributed by atoms with Gasteiger partial charge in [-0.2, -0.15) is 0 Å². The van der Waals surface area contributed by atoms with Crippen LogP contribution in [0.2, 0.25) is 0 Å². The second-order valence-corrected chi connectivity index (χ2v) is 8.21. The van der Waals surface area contributed by atoms with E-state index < -0.39 is 0 Å². The molecule has 3 atom stereocenters. The maximum Gasteiger partial charge on any atom is 0.229 e. The van der Waals surface area contributed by atoms with Crippen LogP contribution in [0.5, 0.6) is 0 Å². The Labute approximate surface area is 152 Å². The Kier molecular flexibility index (Phi) is 4.81. The summed E-state index contributed by atoms with van der Waals surface area (Å²) in [5, 5.41) is 5.79. The van der Waals surface area contributed by atoms with Gasteiger partial charge in [-0.05, 0) is 49.3 Å². The van der Waals surface area contributed by atoms with Crippen molar-refractivity contribution in [3.05, 3.63) is 41.2 Å². The molecule has 25 heavy (non-hydrogen) atoms. The van der Waals surface area contributed by atoms with Crippen molar-refractivity contribution in [3.63, 3.8) is 0 Å². The van der Waals surface area contributed by atoms with Gasteiger partial charge in [0.1, 0.15) is 0 Å². The molecular formula is C19H24N4OS. The Morgan fingerprint density at radius 1 is 1.48 bits per heavy atom. The van der Waals surface area contributed by atoms with E-state index in [1.165, 1.54) is 24.2 Å². The lowest BCUT2D eigenvalue weighted by Gasteiger charge is -2.30. The van der Waals surface area contributed by atoms with Crippen molar-refractivity contribution >= 4 is 22.4 Å². The van der Waals surface area contributed by atoms with Gasteiger partial charge in [-0.15, -0.1) is 11.3 Å². The highest BCUT2D eigenvalue weighted by Crippen LogP contribution is 2.47. The fourth-order valence-corrected chi connectivity index (χ4v) is 4.45. The summed E-state index contributed by atoms with van der Waals surface area (Å²) in [5.74, 6) is 1.22. The van der Waals surface area contributed by atoms with Crippen LogP contribution in [0.1, 0.15) is 43.4 Å². The molecule has 0 unspecified atom stereocenters. The largest absolute Gasteiger partial charge is 0.302 e. The number of anilines is 1. The molecule has 1 saturated heterocycles. The van der Waals surface area contributed by atoms with Gasteiger partial charge in [0.15, 0.2) is 5.13 Å². The molecule has 2 fully saturated rings. The number of pyridine rings is 1. The summed E-state index contributed by atoms with van der Waals surface area (Å²) in [4.78, 5) is 23.6. The minimum Gasteiger partial charge on any atom is -0.302 e. The first kappa shape index (κ1) is 16.7. The molecule has 1 aliphatic carbocycles. The van der Waals surface area contributed by atoms with Crippen LogP contribution in [0, 0.1) is 11.8 Å². The first-order valence-electron chi connectivity index (χ1n) is 9.06. The van der Waals surface area contributed by atoms with E-state index in [2.05, 4.69) is 32.5 Å². The third kappa shape index (κ3) is 4.07. The number of amides is 1. The summed E-state index contributed by atoms with van der Waals surface area (Å²) in [6.07, 6.45) is 7.13. The van der Waals surface area contributed by atoms with E-state index in [0.717, 1.165) is 48.4 Å². The third-order valence-corrected chi connectivity index (χ3v) is 5.95. The van der Waals surface area contributed by atoms with E-state index in [0.29, 0.717) is 5.92 Å². The molecule has 0 spiro atoms. The second-order valence-electron chi connectivity index (χ2n) is 7.35. The van der Waals surface area contributed by atoms with Crippen molar-refractivity contribution in [2.75, 3.05) is 18.4 Å². The number of aromatic nitrogens is 2. The molecule has 1 saturated carbocycles. The Bertz CT molecular complexity index is 732. The molecule has 132 valence electrons. The van der Waals surface area contributed by atoms with Gasteiger partial charge >= 0.3 is 0 Å². The van der Waals surface area contributed by atoms with Gasteiger partial charge in [-0.1, -0.05) is 13.0 Å². The highest BCUT2D eigenvalue weighted by Gasteiger charge is 2.44. The number of rotatable bonds is 5. The number of carbonyl (C=O) groups excluding carboxylic acids is 1. The van der Waals surface area contributed by atoms with E-state index in [4.69, 9.17) is 0 Å². The SMILES string of the molecule is C[C@@H]1CCCN(Cc2csc(NC(=O)[C@@H]3C[C@@H]3c3cccnc3)n2)C1. The molecule has 2 aromatic heterocycles. The van der Waals surface area contributed by atoms with Gasteiger partial charge in [0, 0.05) is 36.8 Å². The van der Waals surface area contributed by atoms with Gasteiger partial charge in [0.25, 0.3) is 0 Å². The van der Waals surface area contributed by atoms with E-state index in [-0.39, 0.29) is 11.8 Å². The molecule has 1 amide bonds. The number of hydrogen-bond acceptors (Lipinski definition) is 5. The maximum atomic E-state index is 12.4. The number of nitrogens with zero attached hydrogens (tertiary/aromatic N) is 3. The average molecular weight is 356 g/mol. The normalized spacial score (nSPS) is 26.4. The van der Waals surface area contributed by atoms with Crippen molar-refractivity contribution < 1.29 is 4.79 Å². The monoisotopic (exact) mass is 356 g/mol. The summed E-state index contributed by atoms with van der Waals surface area (Å²) in [6.45, 7) is 5.50. The summed E-state index contributed by atoms with van der Waals surface area (Å²) < 4.78 is 0. The van der Waals surface area contributed by atoms with Gasteiger partial charge in [0.05, 0.1) is 5.69 Å². The minimum atomic E-state index is 0.0551. The smallest absolute Gasteiger partial charge is 0.229 e. The fraction of sp³-hybridized carbons (Fsp3) is 0.526. The Morgan fingerprint density at radius 2 is 2.40 bits per heavy atom. The molecule has 0 aromatic carbocycles. The quantitative estimate of drug-likeness (QED) is 0.891. The van der Waals surface area contributed by atoms with Crippen LogP contribution in [0.15, 0.2) is 29.9 Å². The summed E-state index contributed by atoms with van der Waals surface area (Å²) in [5.41, 5.74) is 2.22. The Morgan fingerprint density at radius 3 is 3.20 bits per heavy atom. The standard InChI is InChI=1S/C19H24N4OS/c1-13-4-3-7-23(10-13)11-15-12-25-19(21-15)22-18(24)17-8-16(17)14-5-2-6-20-9-14/h2,5-6,9,12-13,16-17H,3-4,7-8,10-11H2,1H3,(H,21,22,24)/t13-,16-,17-/m1/s1. The van der Waals surface area contributed by atoms with Crippen LogP contribution in [0.3, 0.4) is 0 Å². The maximum absolute atomic E-state index is 12.4. The van der Waals surface area contributed by atoms with Crippen LogP contribution < -0.4 is 5.32 Å². The molecule has 2 aromatic rings. The number of nitrogens with one attached hydrogen (secondary N) is 1.